The Morgan fingerprint density at radius 2 is 1.22 bits per heavy atom. The molecule has 0 aliphatic rings. The zero-order chi connectivity index (χ0) is 21.5. The van der Waals surface area contributed by atoms with Gasteiger partial charge in [-0.05, 0) is 19.4 Å². The first-order valence-corrected chi connectivity index (χ1v) is 9.96. The minimum absolute atomic E-state index is 0. The van der Waals surface area contributed by atoms with Gasteiger partial charge in [-0.2, -0.15) is 0 Å². The van der Waals surface area contributed by atoms with Gasteiger partial charge in [0.2, 0.25) is 0 Å². The Hall–Kier alpha value is 1.01. The van der Waals surface area contributed by atoms with Crippen molar-refractivity contribution in [3.63, 3.8) is 0 Å². The predicted octanol–water partition coefficient (Wildman–Crippen LogP) is -5.69. The maximum Gasteiger partial charge on any atom is 2.00 e. The molecule has 1 unspecified atom stereocenters. The molecule has 0 rings (SSSR count). The predicted molar refractivity (Wildman–Crippen MR) is 84.6 cm³/mol. The fraction of sp³-hybridized carbons (Fsp3) is 0.833. The van der Waals surface area contributed by atoms with Crippen LogP contribution in [0.15, 0.2) is 0 Å². The quantitative estimate of drug-likeness (QED) is 0.0627. The number of carboxylic acids is 1. The van der Waals surface area contributed by atoms with Gasteiger partial charge in [0.1, 0.15) is 6.04 Å². The third-order valence-electron chi connectivity index (χ3n) is 1.29. The molecule has 156 valence electrons. The molecule has 9 N–H and O–H groups in total. The van der Waals surface area contributed by atoms with Crippen molar-refractivity contribution in [3.05, 3.63) is 0 Å². The summed E-state index contributed by atoms with van der Waals surface area (Å²) in [5, 5.41) is 8.33. The van der Waals surface area contributed by atoms with Crippen molar-refractivity contribution in [2.45, 2.75) is 25.3 Å². The summed E-state index contributed by atoms with van der Waals surface area (Å²) in [5.74, 6) is -0.933. The third kappa shape index (κ3) is 169. The van der Waals surface area contributed by atoms with Crippen molar-refractivity contribution in [1.82, 2.24) is 0 Å². The average molecular weight is 485 g/mol. The largest absolute Gasteiger partial charge is 2.00 e. The number of carbonyl (C=O) groups is 1. The number of rotatable bonds is 5. The first-order chi connectivity index (χ1) is 10.7. The van der Waals surface area contributed by atoms with Crippen LogP contribution in [-0.2, 0) is 24.3 Å². The van der Waals surface area contributed by atoms with E-state index < -0.39 is 38.1 Å². The molecule has 21 heteroatoms. The first kappa shape index (κ1) is 42.2. The number of unbranched alkanes of at least 4 members (excludes halogenated alkanes) is 1. The Bertz CT molecular complexity index is 491. The van der Waals surface area contributed by atoms with Crippen molar-refractivity contribution < 1.29 is 65.9 Å². The van der Waals surface area contributed by atoms with E-state index in [0.717, 1.165) is 12.8 Å². The van der Waals surface area contributed by atoms with Gasteiger partial charge in [-0.3, -0.25) is 13.2 Å². The molecule has 0 aliphatic carbocycles. The van der Waals surface area contributed by atoms with Crippen LogP contribution >= 0.6 is 15.6 Å². The summed E-state index contributed by atoms with van der Waals surface area (Å²) < 4.78 is 51.6. The average Bonchev–Trinajstić information content (AvgIpc) is 2.21. The van der Waals surface area contributed by atoms with E-state index >= 15 is 0 Å². The van der Waals surface area contributed by atoms with Crippen molar-refractivity contribution in [2.24, 2.45) is 11.5 Å². The Morgan fingerprint density at radius 1 is 1.00 bits per heavy atom. The Kier molecular flexibility index (Phi) is 33.9. The molecule has 0 saturated heterocycles. The number of aliphatic carboxylic acids is 1. The maximum absolute atomic E-state index is 10.1. The van der Waals surface area contributed by atoms with E-state index in [-0.39, 0.29) is 46.1 Å². The molecular formula is C6H18Mg2N2O14P2S. The van der Waals surface area contributed by atoms with Gasteiger partial charge in [0.25, 0.3) is 0 Å². The first-order valence-electron chi connectivity index (χ1n) is 5.56. The molecule has 16 nitrogen and oxygen atoms in total. The van der Waals surface area contributed by atoms with E-state index in [1.165, 1.54) is 0 Å². The van der Waals surface area contributed by atoms with Crippen LogP contribution in [0.2, 0.25) is 0 Å². The van der Waals surface area contributed by atoms with Crippen LogP contribution in [0.4, 0.5) is 0 Å². The topological polar surface area (TPSA) is 331 Å². The number of hydrogen-bond donors (Lipinski definition) is 7. The molecular weight excluding hydrogens is 467 g/mol. The summed E-state index contributed by atoms with van der Waals surface area (Å²) in [5.41, 5.74) is 10.4. The smallest absolute Gasteiger partial charge is 0.790 e. The van der Waals surface area contributed by atoms with Crippen molar-refractivity contribution in [3.8, 4) is 0 Å². The molecule has 0 saturated carbocycles. The van der Waals surface area contributed by atoms with Gasteiger partial charge in [-0.15, -0.1) is 0 Å². The molecule has 0 aromatic carbocycles. The van der Waals surface area contributed by atoms with E-state index in [9.17, 15) is 4.79 Å². The number of phosphoric acid groups is 2. The van der Waals surface area contributed by atoms with Crippen molar-refractivity contribution in [1.29, 1.82) is 0 Å². The Labute approximate surface area is 186 Å². The number of hydrogen-bond acceptors (Lipinski definition) is 11. The molecule has 27 heavy (non-hydrogen) atoms. The molecule has 0 aromatic heterocycles. The molecule has 0 aliphatic heterocycles. The van der Waals surface area contributed by atoms with Gasteiger partial charge in [0.05, 0.1) is 7.82 Å². The molecule has 1 atom stereocenters. The van der Waals surface area contributed by atoms with Gasteiger partial charge < -0.3 is 59.6 Å². The van der Waals surface area contributed by atoms with E-state index in [4.69, 9.17) is 72.6 Å². The molecule has 0 bridgehead atoms. The zero-order valence-electron chi connectivity index (χ0n) is 13.7. The van der Waals surface area contributed by atoms with Crippen LogP contribution in [0.25, 0.3) is 0 Å². The minimum Gasteiger partial charge on any atom is -0.790 e. The molecule has 0 heterocycles. The van der Waals surface area contributed by atoms with Crippen LogP contribution in [0, 0.1) is 0 Å². The number of nitrogens with two attached hydrogens (primary N) is 2. The van der Waals surface area contributed by atoms with Crippen LogP contribution in [0.1, 0.15) is 19.3 Å². The van der Waals surface area contributed by atoms with E-state index in [0.29, 0.717) is 13.0 Å². The van der Waals surface area contributed by atoms with Crippen LogP contribution < -0.4 is 21.3 Å². The fourth-order valence-corrected chi connectivity index (χ4v) is 0.632. The second-order valence-electron chi connectivity index (χ2n) is 3.62. The van der Waals surface area contributed by atoms with Gasteiger partial charge in [-0.1, -0.05) is 6.42 Å². The second kappa shape index (κ2) is 21.7. The van der Waals surface area contributed by atoms with Gasteiger partial charge in [-0.25, -0.2) is 4.57 Å². The standard InChI is InChI=1S/C6H14N2O2.2Mg.2H3O4P.H2O4S/c7-4-2-1-3-5(8)6(9)10;;;3*1-5(2,3)4/h5H,1-4,7-8H2,(H,9,10);;;2*(H3,1,2,3,4);(H2,1,2,3,4)/q;2*+2;;;/p-4. The van der Waals surface area contributed by atoms with Crippen LogP contribution in [0.5, 0.6) is 0 Å². The minimum atomic E-state index is -5.17. The zero-order valence-corrected chi connectivity index (χ0v) is 19.1. The van der Waals surface area contributed by atoms with Gasteiger partial charge in [0.15, 0.2) is 0 Å². The van der Waals surface area contributed by atoms with E-state index in [2.05, 4.69) is 0 Å². The summed E-state index contributed by atoms with van der Waals surface area (Å²) in [6, 6.07) is -0.716. The molecule has 0 aromatic rings. The summed E-state index contributed by atoms with van der Waals surface area (Å²) in [7, 11) is -14.9. The Balaban J connectivity index is -0.0000000564. The third-order valence-corrected chi connectivity index (χ3v) is 1.29. The maximum atomic E-state index is 10.1. The summed E-state index contributed by atoms with van der Waals surface area (Å²) in [6.45, 7) is 0.604. The number of carboxylic acid groups (broad SMARTS) is 1. The summed E-state index contributed by atoms with van der Waals surface area (Å²) >= 11 is 0. The molecule has 0 radical (unpaired) electrons. The summed E-state index contributed by atoms with van der Waals surface area (Å²) in [4.78, 5) is 56.0. The van der Waals surface area contributed by atoms with Gasteiger partial charge in [0, 0.05) is 10.4 Å². The normalized spacial score (nSPS) is 11.3. The van der Waals surface area contributed by atoms with E-state index in [1.807, 2.05) is 0 Å². The molecule has 0 spiro atoms. The van der Waals surface area contributed by atoms with Crippen LogP contribution in [0.3, 0.4) is 0 Å². The molecule has 0 amide bonds. The summed E-state index contributed by atoms with van der Waals surface area (Å²) in [6.07, 6.45) is 2.16. The fourth-order valence-electron chi connectivity index (χ4n) is 0.632. The van der Waals surface area contributed by atoms with Gasteiger partial charge >= 0.3 is 59.9 Å². The Morgan fingerprint density at radius 3 is 1.37 bits per heavy atom. The monoisotopic (exact) mass is 484 g/mol. The van der Waals surface area contributed by atoms with Crippen molar-refractivity contribution in [2.75, 3.05) is 6.54 Å². The SMILES string of the molecule is NCCCCC(N)C(=O)O.O=P(O)(O)O.O=P([O-])([O-])O.O=S(=O)([O-])[O-].[Mg+2].[Mg+2]. The van der Waals surface area contributed by atoms with Crippen LogP contribution in [-0.4, -0.2) is 107 Å². The van der Waals surface area contributed by atoms with Crippen molar-refractivity contribution >= 4 is 78.1 Å². The second-order valence-corrected chi connectivity index (χ2v) is 6.40. The molecule has 0 fully saturated rings. The van der Waals surface area contributed by atoms with E-state index in [1.54, 1.807) is 0 Å².